The van der Waals surface area contributed by atoms with Gasteiger partial charge in [0.2, 0.25) is 0 Å². The van der Waals surface area contributed by atoms with Crippen molar-refractivity contribution in [2.45, 2.75) is 40.5 Å². The van der Waals surface area contributed by atoms with Gasteiger partial charge in [-0.05, 0) is 37.8 Å². The molecular formula is C20H23N3O4. The monoisotopic (exact) mass is 369 g/mol. The summed E-state index contributed by atoms with van der Waals surface area (Å²) in [6.45, 7) is 7.75. The molecule has 7 nitrogen and oxygen atoms in total. The molecule has 2 aromatic rings. The third kappa shape index (κ3) is 3.72. The van der Waals surface area contributed by atoms with Crippen molar-refractivity contribution >= 4 is 17.5 Å². The number of benzene rings is 1. The summed E-state index contributed by atoms with van der Waals surface area (Å²) in [5.74, 6) is -0.261. The van der Waals surface area contributed by atoms with E-state index in [9.17, 15) is 14.8 Å². The van der Waals surface area contributed by atoms with Gasteiger partial charge < -0.3 is 9.62 Å². The maximum absolute atomic E-state index is 12.5. The Balaban J connectivity index is 1.77. The van der Waals surface area contributed by atoms with E-state index in [1.54, 1.807) is 19.1 Å². The second-order valence-corrected chi connectivity index (χ2v) is 7.69. The Morgan fingerprint density at radius 2 is 1.70 bits per heavy atom. The lowest BCUT2D eigenvalue weighted by Gasteiger charge is -2.28. The van der Waals surface area contributed by atoms with Crippen molar-refractivity contribution in [1.29, 1.82) is 0 Å². The average Bonchev–Trinajstić information content (AvgIpc) is 2.94. The molecule has 1 aliphatic rings. The van der Waals surface area contributed by atoms with Gasteiger partial charge in [-0.2, -0.15) is 0 Å². The summed E-state index contributed by atoms with van der Waals surface area (Å²) in [5, 5.41) is 12.7. The smallest absolute Gasteiger partial charge is 0.305 e. The standard InChI is InChI=1S/C20H23N3O4/c1-11-5-7-13(8-6-11)18(24)21-22-19(25)17-12(2)16-14(23-26)9-20(3,4)10-15(16)27-17/h5-8,26H,9-10H2,1-4H3,(H,21,24)(H,22,25)/b23-14-. The number of oxime groups is 1. The highest BCUT2D eigenvalue weighted by Crippen LogP contribution is 2.38. The number of carbonyl (C=O) groups excluding carboxylic acids is 2. The summed E-state index contributed by atoms with van der Waals surface area (Å²) in [6.07, 6.45) is 1.22. The molecule has 1 aliphatic carbocycles. The van der Waals surface area contributed by atoms with E-state index in [-0.39, 0.29) is 11.2 Å². The molecule has 27 heavy (non-hydrogen) atoms. The molecule has 0 radical (unpaired) electrons. The zero-order chi connectivity index (χ0) is 19.8. The molecular weight excluding hydrogens is 346 g/mol. The largest absolute Gasteiger partial charge is 0.455 e. The van der Waals surface area contributed by atoms with Crippen LogP contribution in [0.5, 0.6) is 0 Å². The molecule has 3 N–H and O–H groups in total. The second-order valence-electron chi connectivity index (χ2n) is 7.69. The van der Waals surface area contributed by atoms with Crippen molar-refractivity contribution in [1.82, 2.24) is 10.9 Å². The minimum absolute atomic E-state index is 0.100. The molecule has 7 heteroatoms. The van der Waals surface area contributed by atoms with E-state index in [4.69, 9.17) is 4.42 Å². The average molecular weight is 369 g/mol. The molecule has 0 unspecified atom stereocenters. The predicted molar refractivity (Wildman–Crippen MR) is 100.0 cm³/mol. The molecule has 1 aromatic carbocycles. The van der Waals surface area contributed by atoms with Crippen LogP contribution in [-0.2, 0) is 6.42 Å². The van der Waals surface area contributed by atoms with Gasteiger partial charge in [-0.15, -0.1) is 0 Å². The SMILES string of the molecule is Cc1ccc(C(=O)NNC(=O)c2oc3c(c2C)/C(=N\O)CC(C)(C)C3)cc1. The zero-order valence-corrected chi connectivity index (χ0v) is 15.8. The van der Waals surface area contributed by atoms with Crippen LogP contribution in [0.15, 0.2) is 33.8 Å². The number of rotatable bonds is 2. The van der Waals surface area contributed by atoms with E-state index in [2.05, 4.69) is 16.0 Å². The third-order valence-corrected chi connectivity index (χ3v) is 4.72. The first-order chi connectivity index (χ1) is 12.7. The number of nitrogens with one attached hydrogen (secondary N) is 2. The van der Waals surface area contributed by atoms with Gasteiger partial charge in [-0.25, -0.2) is 0 Å². The Kier molecular flexibility index (Phi) is 4.78. The minimum atomic E-state index is -0.558. The summed E-state index contributed by atoms with van der Waals surface area (Å²) in [4.78, 5) is 24.7. The summed E-state index contributed by atoms with van der Waals surface area (Å²) in [6, 6.07) is 7.00. The van der Waals surface area contributed by atoms with Gasteiger partial charge in [0.1, 0.15) is 5.76 Å². The van der Waals surface area contributed by atoms with Crippen molar-refractivity contribution in [3.63, 3.8) is 0 Å². The lowest BCUT2D eigenvalue weighted by Crippen LogP contribution is -2.41. The normalized spacial score (nSPS) is 16.7. The number of hydrogen-bond acceptors (Lipinski definition) is 5. The number of hydrogen-bond donors (Lipinski definition) is 3. The van der Waals surface area contributed by atoms with Crippen LogP contribution < -0.4 is 10.9 Å². The molecule has 0 saturated heterocycles. The lowest BCUT2D eigenvalue weighted by molar-refractivity contribution is 0.0828. The van der Waals surface area contributed by atoms with Crippen LogP contribution in [0, 0.1) is 19.3 Å². The second kappa shape index (κ2) is 6.90. The maximum atomic E-state index is 12.5. The van der Waals surface area contributed by atoms with E-state index >= 15 is 0 Å². The Bertz CT molecular complexity index is 923. The van der Waals surface area contributed by atoms with E-state index < -0.39 is 11.8 Å². The predicted octanol–water partition coefficient (Wildman–Crippen LogP) is 3.12. The molecule has 0 spiro atoms. The summed E-state index contributed by atoms with van der Waals surface area (Å²) < 4.78 is 5.76. The topological polar surface area (TPSA) is 104 Å². The highest BCUT2D eigenvalue weighted by atomic mass is 16.4. The van der Waals surface area contributed by atoms with Crippen molar-refractivity contribution in [2.75, 3.05) is 0 Å². The quantitative estimate of drug-likeness (QED) is 0.559. The van der Waals surface area contributed by atoms with Gasteiger partial charge in [0.25, 0.3) is 5.91 Å². The molecule has 1 aromatic heterocycles. The number of furan rings is 1. The van der Waals surface area contributed by atoms with Gasteiger partial charge in [0.05, 0.1) is 5.71 Å². The molecule has 0 fully saturated rings. The highest BCUT2D eigenvalue weighted by molar-refractivity contribution is 6.07. The first-order valence-corrected chi connectivity index (χ1v) is 8.73. The number of aryl methyl sites for hydroxylation is 1. The molecule has 2 amide bonds. The third-order valence-electron chi connectivity index (χ3n) is 4.72. The van der Waals surface area contributed by atoms with Gasteiger partial charge in [-0.3, -0.25) is 20.4 Å². The Morgan fingerprint density at radius 3 is 2.33 bits per heavy atom. The first-order valence-electron chi connectivity index (χ1n) is 8.73. The maximum Gasteiger partial charge on any atom is 0.305 e. The number of fused-ring (bicyclic) bond motifs is 1. The van der Waals surface area contributed by atoms with Gasteiger partial charge >= 0.3 is 5.91 Å². The fourth-order valence-electron chi connectivity index (χ4n) is 3.36. The van der Waals surface area contributed by atoms with Crippen LogP contribution in [0.3, 0.4) is 0 Å². The first kappa shape index (κ1) is 18.7. The molecule has 0 saturated carbocycles. The number of amides is 2. The summed E-state index contributed by atoms with van der Waals surface area (Å²) in [5.41, 5.74) is 7.88. The van der Waals surface area contributed by atoms with Crippen LogP contribution in [0.1, 0.15) is 63.6 Å². The Hall–Kier alpha value is -3.09. The lowest BCUT2D eigenvalue weighted by atomic mass is 9.75. The van der Waals surface area contributed by atoms with E-state index in [0.717, 1.165) is 5.56 Å². The Morgan fingerprint density at radius 1 is 1.07 bits per heavy atom. The molecule has 0 aliphatic heterocycles. The molecule has 0 bridgehead atoms. The van der Waals surface area contributed by atoms with E-state index in [1.807, 2.05) is 32.9 Å². The fourth-order valence-corrected chi connectivity index (χ4v) is 3.36. The van der Waals surface area contributed by atoms with Crippen LogP contribution in [0.25, 0.3) is 0 Å². The molecule has 0 atom stereocenters. The summed E-state index contributed by atoms with van der Waals surface area (Å²) >= 11 is 0. The minimum Gasteiger partial charge on any atom is -0.455 e. The van der Waals surface area contributed by atoms with Gasteiger partial charge in [-0.1, -0.05) is 36.7 Å². The van der Waals surface area contributed by atoms with Crippen molar-refractivity contribution in [2.24, 2.45) is 10.6 Å². The number of carbonyl (C=O) groups is 2. The van der Waals surface area contributed by atoms with Crippen LogP contribution in [-0.4, -0.2) is 22.7 Å². The van der Waals surface area contributed by atoms with Crippen molar-refractivity contribution < 1.29 is 19.2 Å². The fraction of sp³-hybridized carbons (Fsp3) is 0.350. The van der Waals surface area contributed by atoms with E-state index in [1.165, 1.54) is 0 Å². The van der Waals surface area contributed by atoms with Crippen molar-refractivity contribution in [3.05, 3.63) is 58.0 Å². The molecule has 3 rings (SSSR count). The summed E-state index contributed by atoms with van der Waals surface area (Å²) in [7, 11) is 0. The Labute approximate surface area is 157 Å². The number of hydrazine groups is 1. The van der Waals surface area contributed by atoms with Crippen LogP contribution >= 0.6 is 0 Å². The van der Waals surface area contributed by atoms with Crippen LogP contribution in [0.4, 0.5) is 0 Å². The van der Waals surface area contributed by atoms with Gasteiger partial charge in [0, 0.05) is 23.1 Å². The van der Waals surface area contributed by atoms with E-state index in [0.29, 0.717) is 41.0 Å². The van der Waals surface area contributed by atoms with Crippen LogP contribution in [0.2, 0.25) is 0 Å². The van der Waals surface area contributed by atoms with Crippen molar-refractivity contribution in [3.8, 4) is 0 Å². The molecule has 1 heterocycles. The molecule has 142 valence electrons. The zero-order valence-electron chi connectivity index (χ0n) is 15.8. The van der Waals surface area contributed by atoms with Gasteiger partial charge in [0.15, 0.2) is 5.76 Å². The number of nitrogens with zero attached hydrogens (tertiary/aromatic N) is 1. The highest BCUT2D eigenvalue weighted by Gasteiger charge is 2.36.